The lowest BCUT2D eigenvalue weighted by Crippen LogP contribution is -2.16. The van der Waals surface area contributed by atoms with Crippen LogP contribution in [0.4, 0.5) is 0 Å². The van der Waals surface area contributed by atoms with Crippen molar-refractivity contribution in [3.05, 3.63) is 83.8 Å². The molecular weight excluding hydrogens is 404 g/mol. The number of benzene rings is 2. The molecule has 0 spiro atoms. The van der Waals surface area contributed by atoms with Crippen molar-refractivity contribution in [2.24, 2.45) is 5.92 Å². The summed E-state index contributed by atoms with van der Waals surface area (Å²) in [6.45, 7) is 7.36. The lowest BCUT2D eigenvalue weighted by molar-refractivity contribution is 0.0913. The normalized spacial score (nSPS) is 11.5. The van der Waals surface area contributed by atoms with Crippen molar-refractivity contribution in [1.29, 1.82) is 0 Å². The van der Waals surface area contributed by atoms with E-state index in [4.69, 9.17) is 0 Å². The molecule has 33 heavy (non-hydrogen) atoms. The molecular formula is C30H36N2O. The molecule has 0 saturated heterocycles. The maximum atomic E-state index is 13.8. The number of para-hydroxylation sites is 1. The predicted octanol–water partition coefficient (Wildman–Crippen LogP) is 7.84. The zero-order chi connectivity index (χ0) is 23.2. The SMILES string of the molecule is CCCCc1c(C(=O)C(CC)CC)c(-c2ccccc2)cn1CCc1c[nH]c2ccccc12. The highest BCUT2D eigenvalue weighted by molar-refractivity contribution is 6.05. The minimum absolute atomic E-state index is 0.0808. The van der Waals surface area contributed by atoms with Gasteiger partial charge in [0.05, 0.1) is 0 Å². The summed E-state index contributed by atoms with van der Waals surface area (Å²) in [5.74, 6) is 0.396. The second-order valence-corrected chi connectivity index (χ2v) is 9.01. The van der Waals surface area contributed by atoms with Crippen molar-refractivity contribution in [3.8, 4) is 11.1 Å². The number of carbonyl (C=O) groups excluding carboxylic acids is 1. The summed E-state index contributed by atoms with van der Waals surface area (Å²) in [6, 6.07) is 18.9. The van der Waals surface area contributed by atoms with Crippen molar-refractivity contribution in [3.63, 3.8) is 0 Å². The number of unbranched alkanes of at least 4 members (excludes halogenated alkanes) is 1. The zero-order valence-corrected chi connectivity index (χ0v) is 20.2. The van der Waals surface area contributed by atoms with Crippen LogP contribution in [0.15, 0.2) is 67.0 Å². The first-order valence-electron chi connectivity index (χ1n) is 12.5. The molecule has 0 aliphatic carbocycles. The number of fused-ring (bicyclic) bond motifs is 1. The fourth-order valence-corrected chi connectivity index (χ4v) is 4.96. The minimum atomic E-state index is 0.0808. The van der Waals surface area contributed by atoms with Gasteiger partial charge in [-0.3, -0.25) is 4.79 Å². The van der Waals surface area contributed by atoms with Crippen LogP contribution < -0.4 is 0 Å². The average Bonchev–Trinajstić information content (AvgIpc) is 3.44. The Morgan fingerprint density at radius 2 is 1.67 bits per heavy atom. The van der Waals surface area contributed by atoms with Crippen molar-refractivity contribution in [1.82, 2.24) is 9.55 Å². The molecule has 4 aromatic rings. The molecule has 0 aliphatic rings. The van der Waals surface area contributed by atoms with E-state index in [-0.39, 0.29) is 5.92 Å². The van der Waals surface area contributed by atoms with Gasteiger partial charge in [-0.25, -0.2) is 0 Å². The van der Waals surface area contributed by atoms with Crippen LogP contribution in [0.25, 0.3) is 22.0 Å². The van der Waals surface area contributed by atoms with Gasteiger partial charge in [0.2, 0.25) is 0 Å². The van der Waals surface area contributed by atoms with Crippen LogP contribution in [0.5, 0.6) is 0 Å². The number of aromatic amines is 1. The number of hydrogen-bond donors (Lipinski definition) is 1. The second-order valence-electron chi connectivity index (χ2n) is 9.01. The number of H-pyrrole nitrogens is 1. The molecule has 2 heterocycles. The minimum Gasteiger partial charge on any atom is -0.361 e. The van der Waals surface area contributed by atoms with E-state index in [1.165, 1.54) is 22.2 Å². The predicted molar refractivity (Wildman–Crippen MR) is 139 cm³/mol. The van der Waals surface area contributed by atoms with Crippen LogP contribution in [-0.2, 0) is 19.4 Å². The number of hydrogen-bond acceptors (Lipinski definition) is 1. The molecule has 0 fully saturated rings. The van der Waals surface area contributed by atoms with E-state index in [2.05, 4.69) is 91.2 Å². The number of nitrogens with one attached hydrogen (secondary N) is 1. The monoisotopic (exact) mass is 440 g/mol. The number of rotatable bonds is 11. The van der Waals surface area contributed by atoms with Crippen molar-refractivity contribution in [2.75, 3.05) is 0 Å². The van der Waals surface area contributed by atoms with Crippen LogP contribution >= 0.6 is 0 Å². The van der Waals surface area contributed by atoms with Crippen LogP contribution in [0.1, 0.15) is 68.1 Å². The Morgan fingerprint density at radius 1 is 0.939 bits per heavy atom. The number of carbonyl (C=O) groups is 1. The highest BCUT2D eigenvalue weighted by Crippen LogP contribution is 2.33. The summed E-state index contributed by atoms with van der Waals surface area (Å²) in [5, 5.41) is 1.29. The first-order valence-corrected chi connectivity index (χ1v) is 12.5. The van der Waals surface area contributed by atoms with Crippen LogP contribution in [0.3, 0.4) is 0 Å². The lowest BCUT2D eigenvalue weighted by atomic mass is 9.88. The highest BCUT2D eigenvalue weighted by atomic mass is 16.1. The van der Waals surface area contributed by atoms with Crippen molar-refractivity contribution >= 4 is 16.7 Å². The molecule has 0 unspecified atom stereocenters. The fraction of sp³-hybridized carbons (Fsp3) is 0.367. The third kappa shape index (κ3) is 4.83. The van der Waals surface area contributed by atoms with E-state index in [0.717, 1.165) is 61.8 Å². The molecule has 4 rings (SSSR count). The number of aryl methyl sites for hydroxylation is 2. The molecule has 2 aromatic heterocycles. The topological polar surface area (TPSA) is 37.8 Å². The maximum Gasteiger partial charge on any atom is 0.168 e. The number of Topliss-reactive ketones (excluding diaryl/α,β-unsaturated/α-hetero) is 1. The molecule has 3 heteroatoms. The smallest absolute Gasteiger partial charge is 0.168 e. The standard InChI is InChI=1S/C30H36N2O/c1-4-7-17-28-29(30(33)22(5-2)6-3)26(23-13-9-8-10-14-23)21-32(28)19-18-24-20-31-27-16-12-11-15-25(24)27/h8-16,20-22,31H,4-7,17-19H2,1-3H3. The number of ketones is 1. The summed E-state index contributed by atoms with van der Waals surface area (Å²) in [4.78, 5) is 17.2. The van der Waals surface area contributed by atoms with Crippen molar-refractivity contribution < 1.29 is 4.79 Å². The summed E-state index contributed by atoms with van der Waals surface area (Å²) < 4.78 is 2.37. The maximum absolute atomic E-state index is 13.8. The van der Waals surface area contributed by atoms with E-state index in [1.807, 2.05) is 6.07 Å². The summed E-state index contributed by atoms with van der Waals surface area (Å²) in [5.41, 5.74) is 6.92. The Hall–Kier alpha value is -3.07. The molecule has 0 bridgehead atoms. The Balaban J connectivity index is 1.77. The average molecular weight is 441 g/mol. The third-order valence-electron chi connectivity index (χ3n) is 6.94. The molecule has 0 amide bonds. The molecule has 172 valence electrons. The molecule has 0 radical (unpaired) electrons. The zero-order valence-electron chi connectivity index (χ0n) is 20.2. The first-order chi connectivity index (χ1) is 16.2. The highest BCUT2D eigenvalue weighted by Gasteiger charge is 2.26. The van der Waals surface area contributed by atoms with E-state index in [9.17, 15) is 4.79 Å². The Morgan fingerprint density at radius 3 is 2.39 bits per heavy atom. The first kappa shape index (κ1) is 23.1. The van der Waals surface area contributed by atoms with Gasteiger partial charge in [0, 0.05) is 52.6 Å². The van der Waals surface area contributed by atoms with Crippen LogP contribution in [0.2, 0.25) is 0 Å². The van der Waals surface area contributed by atoms with Crippen LogP contribution in [-0.4, -0.2) is 15.3 Å². The van der Waals surface area contributed by atoms with E-state index in [1.54, 1.807) is 0 Å². The molecule has 1 N–H and O–H groups in total. The summed E-state index contributed by atoms with van der Waals surface area (Å²) in [6.07, 6.45) is 10.2. The molecule has 3 nitrogen and oxygen atoms in total. The van der Waals surface area contributed by atoms with E-state index >= 15 is 0 Å². The van der Waals surface area contributed by atoms with Gasteiger partial charge in [0.25, 0.3) is 0 Å². The lowest BCUT2D eigenvalue weighted by Gasteiger charge is -2.15. The van der Waals surface area contributed by atoms with Crippen LogP contribution in [0, 0.1) is 5.92 Å². The molecule has 0 atom stereocenters. The molecule has 0 saturated carbocycles. The second kappa shape index (κ2) is 10.7. The number of nitrogens with zero attached hydrogens (tertiary/aromatic N) is 1. The summed E-state index contributed by atoms with van der Waals surface area (Å²) in [7, 11) is 0. The van der Waals surface area contributed by atoms with Crippen molar-refractivity contribution in [2.45, 2.75) is 65.8 Å². The van der Waals surface area contributed by atoms with Gasteiger partial charge in [0.1, 0.15) is 0 Å². The Bertz CT molecular complexity index is 1190. The van der Waals surface area contributed by atoms with E-state index in [0.29, 0.717) is 5.78 Å². The van der Waals surface area contributed by atoms with Gasteiger partial charge in [-0.15, -0.1) is 0 Å². The molecule has 2 aromatic carbocycles. The third-order valence-corrected chi connectivity index (χ3v) is 6.94. The van der Waals surface area contributed by atoms with Gasteiger partial charge in [-0.05, 0) is 49.3 Å². The fourth-order valence-electron chi connectivity index (χ4n) is 4.96. The van der Waals surface area contributed by atoms with E-state index < -0.39 is 0 Å². The van der Waals surface area contributed by atoms with Gasteiger partial charge >= 0.3 is 0 Å². The largest absolute Gasteiger partial charge is 0.361 e. The molecule has 0 aliphatic heterocycles. The number of aromatic nitrogens is 2. The quantitative estimate of drug-likeness (QED) is 0.237. The Labute approximate surface area is 197 Å². The van der Waals surface area contributed by atoms with Gasteiger partial charge < -0.3 is 9.55 Å². The van der Waals surface area contributed by atoms with Gasteiger partial charge in [0.15, 0.2) is 5.78 Å². The Kier molecular flexibility index (Phi) is 7.49. The van der Waals surface area contributed by atoms with Gasteiger partial charge in [-0.1, -0.05) is 75.7 Å². The summed E-state index contributed by atoms with van der Waals surface area (Å²) >= 11 is 0. The van der Waals surface area contributed by atoms with Gasteiger partial charge in [-0.2, -0.15) is 0 Å².